The molecule has 1 aliphatic rings. The van der Waals surface area contributed by atoms with E-state index in [1.165, 1.54) is 33.0 Å². The van der Waals surface area contributed by atoms with Crippen LogP contribution in [0.25, 0.3) is 93.8 Å². The number of fused-ring (bicyclic) bond motifs is 7. The number of benzene rings is 10. The van der Waals surface area contributed by atoms with Gasteiger partial charge in [-0.3, -0.25) is 9.88 Å². The maximum absolute atomic E-state index is 5.68. The number of para-hydroxylation sites is 3. The van der Waals surface area contributed by atoms with Crippen LogP contribution in [0, 0.1) is 0 Å². The predicted molar refractivity (Wildman–Crippen MR) is 283 cm³/mol. The molecule has 2 N–H and O–H groups in total. The maximum atomic E-state index is 5.68. The Morgan fingerprint density at radius 3 is 1.25 bits per heavy atom. The van der Waals surface area contributed by atoms with Crippen molar-refractivity contribution in [2.75, 3.05) is 0 Å². The van der Waals surface area contributed by atoms with E-state index in [0.717, 1.165) is 77.9 Å². The van der Waals surface area contributed by atoms with Crippen molar-refractivity contribution in [2.45, 2.75) is 12.3 Å². The first-order valence-corrected chi connectivity index (χ1v) is 23.4. The highest BCUT2D eigenvalue weighted by Gasteiger charge is 2.30. The zero-order valence-electron chi connectivity index (χ0n) is 37.2. The molecule has 12 aromatic rings. The first-order chi connectivity index (χ1) is 33.7. The van der Waals surface area contributed by atoms with Gasteiger partial charge in [-0.1, -0.05) is 237 Å². The van der Waals surface area contributed by atoms with Gasteiger partial charge in [0.15, 0.2) is 0 Å². The van der Waals surface area contributed by atoms with Crippen LogP contribution in [-0.4, -0.2) is 15.1 Å². The minimum atomic E-state index is -0.361. The molecule has 0 saturated carbocycles. The molecule has 5 nitrogen and oxygen atoms in total. The van der Waals surface area contributed by atoms with Crippen LogP contribution < -0.4 is 10.6 Å². The third-order valence-corrected chi connectivity index (χ3v) is 13.6. The van der Waals surface area contributed by atoms with Crippen molar-refractivity contribution in [3.8, 4) is 50.2 Å². The van der Waals surface area contributed by atoms with E-state index in [9.17, 15) is 0 Å². The number of hydrogen-bond acceptors (Lipinski definition) is 3. The molecule has 0 fully saturated rings. The van der Waals surface area contributed by atoms with Crippen LogP contribution in [0.5, 0.6) is 0 Å². The predicted octanol–water partition coefficient (Wildman–Crippen LogP) is 15.4. The highest BCUT2D eigenvalue weighted by Crippen LogP contribution is 2.45. The number of nitrogens with one attached hydrogen (secondary N) is 2. The lowest BCUT2D eigenvalue weighted by Gasteiger charge is -2.33. The maximum Gasteiger partial charge on any atom is 0.206 e. The third kappa shape index (κ3) is 6.71. The van der Waals surface area contributed by atoms with Crippen LogP contribution in [0.4, 0.5) is 0 Å². The van der Waals surface area contributed by atoms with Gasteiger partial charge in [0.05, 0.1) is 27.8 Å². The number of nitrogens with zero attached hydrogens (tertiary/aromatic N) is 3. The van der Waals surface area contributed by atoms with Crippen molar-refractivity contribution in [1.29, 1.82) is 0 Å². The van der Waals surface area contributed by atoms with Crippen LogP contribution in [0.1, 0.15) is 23.5 Å². The second kappa shape index (κ2) is 16.6. The van der Waals surface area contributed by atoms with Crippen molar-refractivity contribution in [3.63, 3.8) is 0 Å². The highest BCUT2D eigenvalue weighted by atomic mass is 15.4. The Kier molecular flexibility index (Phi) is 9.66. The Morgan fingerprint density at radius 1 is 0.324 bits per heavy atom. The van der Waals surface area contributed by atoms with Gasteiger partial charge in [-0.25, -0.2) is 4.99 Å². The summed E-state index contributed by atoms with van der Waals surface area (Å²) in [4.78, 5) is 5.68. The number of hydrogen-bond donors (Lipinski definition) is 2. The zero-order chi connectivity index (χ0) is 45.0. The van der Waals surface area contributed by atoms with Crippen LogP contribution in [0.3, 0.4) is 0 Å². The van der Waals surface area contributed by atoms with Gasteiger partial charge in [0.1, 0.15) is 12.3 Å². The first-order valence-electron chi connectivity index (χ1n) is 23.4. The molecule has 5 heteroatoms. The SMILES string of the molecule is c1ccc(-c2ccc(C3N=C(n4c5ccccc5c5ccc6c7ccccc7n(-c7c(-c8ccccc8)cccc7-c7ccccc7)c6c54)NC(c4ccc(-c5ccccc5)cc4)N3)cc2)cc1. The van der Waals surface area contributed by atoms with Gasteiger partial charge >= 0.3 is 0 Å². The topological polar surface area (TPSA) is 46.3 Å². The Hall–Kier alpha value is -8.77. The number of aromatic nitrogens is 2. The fourth-order valence-electron chi connectivity index (χ4n) is 10.4. The van der Waals surface area contributed by atoms with Crippen LogP contribution in [-0.2, 0) is 0 Å². The van der Waals surface area contributed by atoms with Gasteiger partial charge in [0.2, 0.25) is 5.96 Å². The lowest BCUT2D eigenvalue weighted by molar-refractivity contribution is 0.403. The van der Waals surface area contributed by atoms with Crippen molar-refractivity contribution in [2.24, 2.45) is 4.99 Å². The van der Waals surface area contributed by atoms with Gasteiger partial charge < -0.3 is 9.88 Å². The smallest absolute Gasteiger partial charge is 0.206 e. The summed E-state index contributed by atoms with van der Waals surface area (Å²) in [5.41, 5.74) is 17.1. The van der Waals surface area contributed by atoms with E-state index in [1.54, 1.807) is 0 Å². The molecule has 2 atom stereocenters. The summed E-state index contributed by atoms with van der Waals surface area (Å²) in [6.45, 7) is 0. The minimum absolute atomic E-state index is 0.268. The van der Waals surface area contributed by atoms with Gasteiger partial charge in [0, 0.05) is 32.7 Å². The van der Waals surface area contributed by atoms with Crippen molar-refractivity contribution >= 4 is 49.6 Å². The molecule has 0 bridgehead atoms. The van der Waals surface area contributed by atoms with Gasteiger partial charge in [0.25, 0.3) is 0 Å². The molecule has 2 aromatic heterocycles. The summed E-state index contributed by atoms with van der Waals surface area (Å²) in [5, 5.41) is 12.6. The average Bonchev–Trinajstić information content (AvgIpc) is 3.95. The molecule has 3 heterocycles. The Bertz CT molecular complexity index is 3760. The highest BCUT2D eigenvalue weighted by molar-refractivity contribution is 6.26. The van der Waals surface area contributed by atoms with Crippen LogP contribution in [0.15, 0.2) is 254 Å². The molecule has 2 unspecified atom stereocenters. The number of rotatable bonds is 7. The van der Waals surface area contributed by atoms with Crippen LogP contribution in [0.2, 0.25) is 0 Å². The summed E-state index contributed by atoms with van der Waals surface area (Å²) in [7, 11) is 0. The normalized spacial score (nSPS) is 14.9. The van der Waals surface area contributed by atoms with Crippen molar-refractivity contribution < 1.29 is 0 Å². The quantitative estimate of drug-likeness (QED) is 0.168. The van der Waals surface area contributed by atoms with Crippen molar-refractivity contribution in [1.82, 2.24) is 19.8 Å². The second-order valence-corrected chi connectivity index (χ2v) is 17.6. The number of aliphatic imine (C=N–C) groups is 1. The Balaban J connectivity index is 1.08. The summed E-state index contributed by atoms with van der Waals surface area (Å²) >= 11 is 0. The molecule has 1 aliphatic heterocycles. The molecule has 68 heavy (non-hydrogen) atoms. The Morgan fingerprint density at radius 2 is 0.735 bits per heavy atom. The summed E-state index contributed by atoms with van der Waals surface area (Å²) in [6, 6.07) is 89.5. The van der Waals surface area contributed by atoms with E-state index < -0.39 is 0 Å². The van der Waals surface area contributed by atoms with E-state index in [4.69, 9.17) is 4.99 Å². The van der Waals surface area contributed by atoms with E-state index >= 15 is 0 Å². The summed E-state index contributed by atoms with van der Waals surface area (Å²) in [5.74, 6) is 0.771. The molecular formula is C63H45N5. The minimum Gasteiger partial charge on any atom is -0.336 e. The summed E-state index contributed by atoms with van der Waals surface area (Å²) in [6.07, 6.45) is -0.629. The van der Waals surface area contributed by atoms with Gasteiger partial charge in [-0.2, -0.15) is 0 Å². The molecule has 322 valence electrons. The zero-order valence-corrected chi connectivity index (χ0v) is 37.2. The van der Waals surface area contributed by atoms with E-state index in [-0.39, 0.29) is 12.3 Å². The molecule has 0 amide bonds. The van der Waals surface area contributed by atoms with E-state index in [1.807, 2.05) is 0 Å². The monoisotopic (exact) mass is 871 g/mol. The molecule has 13 rings (SSSR count). The van der Waals surface area contributed by atoms with E-state index in [0.29, 0.717) is 0 Å². The molecule has 0 aliphatic carbocycles. The van der Waals surface area contributed by atoms with E-state index in [2.05, 4.69) is 268 Å². The first kappa shape index (κ1) is 39.6. The van der Waals surface area contributed by atoms with Gasteiger partial charge in [-0.05, 0) is 56.6 Å². The lowest BCUT2D eigenvalue weighted by atomic mass is 9.95. The van der Waals surface area contributed by atoms with Crippen LogP contribution >= 0.6 is 0 Å². The fourth-order valence-corrected chi connectivity index (χ4v) is 10.4. The summed E-state index contributed by atoms with van der Waals surface area (Å²) < 4.78 is 4.93. The van der Waals surface area contributed by atoms with Gasteiger partial charge in [-0.15, -0.1) is 0 Å². The second-order valence-electron chi connectivity index (χ2n) is 17.6. The Labute approximate surface area is 394 Å². The molecule has 0 spiro atoms. The lowest BCUT2D eigenvalue weighted by Crippen LogP contribution is -2.47. The standard InChI is InChI=1S/C63H45N5/c1-5-18-42(19-6-1)44-32-36-48(37-33-44)61-64-62(49-38-34-45(35-39-49)43-20-7-2-8-21-43)66-63(65-61)68-57-31-16-14-27-53(57)55-41-40-54-52-26-13-15-30-56(52)67(59(54)60(55)68)58-50(46-22-9-3-10-23-46)28-17-29-51(58)47-24-11-4-12-25-47/h1-41,61-62,64H,(H,65,66). The molecule has 10 aromatic carbocycles. The third-order valence-electron chi connectivity index (χ3n) is 13.6. The largest absolute Gasteiger partial charge is 0.336 e. The molecular weight excluding hydrogens is 827 g/mol. The fraction of sp³-hybridized carbons (Fsp3) is 0.0317. The molecule has 0 radical (unpaired) electrons. The van der Waals surface area contributed by atoms with Crippen molar-refractivity contribution in [3.05, 3.63) is 260 Å². The average molecular weight is 872 g/mol. The molecule has 0 saturated heterocycles.